The Bertz CT molecular complexity index is 930. The van der Waals surface area contributed by atoms with E-state index in [2.05, 4.69) is 27.7 Å². The van der Waals surface area contributed by atoms with E-state index in [1.807, 2.05) is 17.0 Å². The number of amides is 1. The van der Waals surface area contributed by atoms with E-state index >= 15 is 0 Å². The fourth-order valence-corrected chi connectivity index (χ4v) is 4.86. The summed E-state index contributed by atoms with van der Waals surface area (Å²) in [6.07, 6.45) is 17.3. The van der Waals surface area contributed by atoms with Gasteiger partial charge in [0.1, 0.15) is 5.58 Å². The van der Waals surface area contributed by atoms with Crippen LogP contribution in [0.5, 0.6) is 0 Å². The predicted molar refractivity (Wildman–Crippen MR) is 148 cm³/mol. The molecule has 0 spiro atoms. The third kappa shape index (κ3) is 10.6. The van der Waals surface area contributed by atoms with Crippen molar-refractivity contribution < 1.29 is 9.21 Å². The molecule has 0 aliphatic rings. The largest absolute Gasteiger partial charge is 0.451 e. The highest BCUT2D eigenvalue weighted by Gasteiger charge is 2.27. The highest BCUT2D eigenvalue weighted by atomic mass is 16.3. The van der Waals surface area contributed by atoms with E-state index in [-0.39, 0.29) is 22.5 Å². The number of para-hydroxylation sites is 1. The van der Waals surface area contributed by atoms with Crippen molar-refractivity contribution in [2.45, 2.75) is 118 Å². The number of benzene rings is 1. The molecular formula is C31H49NO3. The van der Waals surface area contributed by atoms with Gasteiger partial charge in [0, 0.05) is 19.2 Å². The monoisotopic (exact) mass is 483 g/mol. The fourth-order valence-electron chi connectivity index (χ4n) is 4.86. The van der Waals surface area contributed by atoms with Gasteiger partial charge in [-0.1, -0.05) is 117 Å². The molecule has 1 aromatic heterocycles. The molecule has 0 saturated carbocycles. The van der Waals surface area contributed by atoms with Gasteiger partial charge in [0.2, 0.25) is 0 Å². The highest BCUT2D eigenvalue weighted by molar-refractivity contribution is 5.93. The number of carbonyl (C=O) groups excluding carboxylic acids is 1. The molecule has 0 N–H and O–H groups in total. The van der Waals surface area contributed by atoms with Crippen molar-refractivity contribution in [2.75, 3.05) is 13.1 Å². The van der Waals surface area contributed by atoms with Gasteiger partial charge in [-0.2, -0.15) is 0 Å². The van der Waals surface area contributed by atoms with E-state index in [4.69, 9.17) is 4.42 Å². The van der Waals surface area contributed by atoms with Crippen LogP contribution in [0.2, 0.25) is 0 Å². The van der Waals surface area contributed by atoms with Crippen LogP contribution in [0, 0.1) is 5.41 Å². The number of fused-ring (bicyclic) bond motifs is 1. The highest BCUT2D eigenvalue weighted by Crippen LogP contribution is 2.27. The smallest absolute Gasteiger partial charge is 0.289 e. The van der Waals surface area contributed by atoms with Crippen LogP contribution < -0.4 is 5.43 Å². The molecular weight excluding hydrogens is 434 g/mol. The van der Waals surface area contributed by atoms with Crippen LogP contribution in [-0.2, 0) is 0 Å². The quantitative estimate of drug-likeness (QED) is 0.199. The molecule has 2 rings (SSSR count). The van der Waals surface area contributed by atoms with Crippen LogP contribution in [-0.4, -0.2) is 23.9 Å². The molecule has 0 fully saturated rings. The zero-order valence-electron chi connectivity index (χ0n) is 22.9. The Labute approximate surface area is 213 Å². The summed E-state index contributed by atoms with van der Waals surface area (Å²) in [4.78, 5) is 28.1. The van der Waals surface area contributed by atoms with Gasteiger partial charge < -0.3 is 9.32 Å². The number of rotatable bonds is 18. The maximum Gasteiger partial charge on any atom is 0.289 e. The lowest BCUT2D eigenvalue weighted by Crippen LogP contribution is -2.40. The van der Waals surface area contributed by atoms with Gasteiger partial charge in [-0.25, -0.2) is 0 Å². The molecule has 196 valence electrons. The third-order valence-corrected chi connectivity index (χ3v) is 6.99. The Balaban J connectivity index is 2.03. The molecule has 35 heavy (non-hydrogen) atoms. The second kappa shape index (κ2) is 15.8. The van der Waals surface area contributed by atoms with Gasteiger partial charge in [-0.15, -0.1) is 0 Å². The molecule has 0 saturated heterocycles. The Kier molecular flexibility index (Phi) is 13.2. The molecule has 0 radical (unpaired) electrons. The first-order chi connectivity index (χ1) is 16.9. The maximum atomic E-state index is 13.6. The zero-order valence-corrected chi connectivity index (χ0v) is 22.9. The van der Waals surface area contributed by atoms with Gasteiger partial charge in [0.15, 0.2) is 11.2 Å². The molecule has 1 amide bonds. The summed E-state index contributed by atoms with van der Waals surface area (Å²) in [5, 5.41) is 0.519. The maximum absolute atomic E-state index is 13.6. The third-order valence-electron chi connectivity index (χ3n) is 6.99. The molecule has 0 bridgehead atoms. The summed E-state index contributed by atoms with van der Waals surface area (Å²) < 4.78 is 5.91. The second-order valence-corrected chi connectivity index (χ2v) is 11.0. The summed E-state index contributed by atoms with van der Waals surface area (Å²) in [7, 11) is 0. The topological polar surface area (TPSA) is 50.5 Å². The molecule has 1 aromatic carbocycles. The lowest BCUT2D eigenvalue weighted by molar-refractivity contribution is 0.0638. The summed E-state index contributed by atoms with van der Waals surface area (Å²) in [5.74, 6) is 0.000425. The summed E-state index contributed by atoms with van der Waals surface area (Å²) in [6, 6.07) is 8.53. The summed E-state index contributed by atoms with van der Waals surface area (Å²) in [6.45, 7) is 10.4. The average molecular weight is 484 g/mol. The zero-order chi connectivity index (χ0) is 25.5. The van der Waals surface area contributed by atoms with E-state index in [0.717, 1.165) is 19.3 Å². The van der Waals surface area contributed by atoms with E-state index < -0.39 is 0 Å². The van der Waals surface area contributed by atoms with Crippen molar-refractivity contribution in [1.29, 1.82) is 0 Å². The normalized spacial score (nSPS) is 11.8. The second-order valence-electron chi connectivity index (χ2n) is 11.0. The standard InChI is InChI=1S/C31H49NO3/c1-5-7-9-11-13-14-18-22-31(3,4)25-32(23-19-15-12-10-8-6-2)30(34)29-24-27(33)26-20-16-17-21-28(26)35-29/h16-17,20-21,24H,5-15,18-19,22-23,25H2,1-4H3. The van der Waals surface area contributed by atoms with Gasteiger partial charge in [-0.05, 0) is 30.4 Å². The number of hydrogen-bond acceptors (Lipinski definition) is 3. The molecule has 0 unspecified atom stereocenters. The van der Waals surface area contributed by atoms with Gasteiger partial charge in [-0.3, -0.25) is 9.59 Å². The van der Waals surface area contributed by atoms with E-state index in [1.165, 1.54) is 76.7 Å². The number of hydrogen-bond donors (Lipinski definition) is 0. The lowest BCUT2D eigenvalue weighted by Gasteiger charge is -2.33. The van der Waals surface area contributed by atoms with E-state index in [1.54, 1.807) is 12.1 Å². The molecule has 4 heteroatoms. The average Bonchev–Trinajstić information content (AvgIpc) is 2.84. The Morgan fingerprint density at radius 2 is 1.40 bits per heavy atom. The van der Waals surface area contributed by atoms with Crippen molar-refractivity contribution in [3.63, 3.8) is 0 Å². The van der Waals surface area contributed by atoms with Crippen LogP contribution in [0.15, 0.2) is 39.5 Å². The van der Waals surface area contributed by atoms with E-state index in [0.29, 0.717) is 24.1 Å². The van der Waals surface area contributed by atoms with Gasteiger partial charge in [0.05, 0.1) is 5.39 Å². The molecule has 0 atom stereocenters. The molecule has 0 aliphatic carbocycles. The molecule has 4 nitrogen and oxygen atoms in total. The minimum atomic E-state index is -0.158. The Hall–Kier alpha value is -2.10. The Morgan fingerprint density at radius 1 is 0.829 bits per heavy atom. The lowest BCUT2D eigenvalue weighted by atomic mass is 9.86. The van der Waals surface area contributed by atoms with Crippen LogP contribution in [0.25, 0.3) is 11.0 Å². The molecule has 0 aliphatic heterocycles. The minimum absolute atomic E-state index is 0.0262. The van der Waals surface area contributed by atoms with Crippen LogP contribution >= 0.6 is 0 Å². The van der Waals surface area contributed by atoms with Crippen molar-refractivity contribution in [1.82, 2.24) is 4.90 Å². The number of nitrogens with zero attached hydrogens (tertiary/aromatic N) is 1. The van der Waals surface area contributed by atoms with Gasteiger partial charge in [0.25, 0.3) is 5.91 Å². The minimum Gasteiger partial charge on any atom is -0.451 e. The van der Waals surface area contributed by atoms with Crippen molar-refractivity contribution in [3.05, 3.63) is 46.3 Å². The van der Waals surface area contributed by atoms with Crippen molar-refractivity contribution in [3.8, 4) is 0 Å². The first-order valence-corrected chi connectivity index (χ1v) is 14.2. The van der Waals surface area contributed by atoms with Crippen LogP contribution in [0.4, 0.5) is 0 Å². The van der Waals surface area contributed by atoms with Crippen LogP contribution in [0.1, 0.15) is 128 Å². The SMILES string of the molecule is CCCCCCCCCC(C)(C)CN(CCCCCCCC)C(=O)c1cc(=O)c2ccccc2o1. The fraction of sp³-hybridized carbons (Fsp3) is 0.677. The number of carbonyl (C=O) groups is 1. The molecule has 1 heterocycles. The van der Waals surface area contributed by atoms with Crippen molar-refractivity contribution >= 4 is 16.9 Å². The molecule has 2 aromatic rings. The first kappa shape index (κ1) is 29.1. The summed E-state index contributed by atoms with van der Waals surface area (Å²) >= 11 is 0. The van der Waals surface area contributed by atoms with Crippen molar-refractivity contribution in [2.24, 2.45) is 5.41 Å². The Morgan fingerprint density at radius 3 is 2.06 bits per heavy atom. The van der Waals surface area contributed by atoms with Gasteiger partial charge >= 0.3 is 0 Å². The van der Waals surface area contributed by atoms with Crippen LogP contribution in [0.3, 0.4) is 0 Å². The first-order valence-electron chi connectivity index (χ1n) is 14.2. The predicted octanol–water partition coefficient (Wildman–Crippen LogP) is 8.76. The van der Waals surface area contributed by atoms with E-state index in [9.17, 15) is 9.59 Å². The summed E-state index contributed by atoms with van der Waals surface area (Å²) in [5.41, 5.74) is 0.348. The number of unbranched alkanes of at least 4 members (excludes halogenated alkanes) is 11.